The Morgan fingerprint density at radius 2 is 1.84 bits per heavy atom. The SMILES string of the molecule is CC[C@@H](Nc1cc(C(F)(F)F)c(Br)cn1)C(F)(F)F. The molecule has 1 aromatic heterocycles. The summed E-state index contributed by atoms with van der Waals surface area (Å²) in [6, 6.07) is -1.40. The smallest absolute Gasteiger partial charge is 0.359 e. The van der Waals surface area contributed by atoms with Gasteiger partial charge in [0.15, 0.2) is 0 Å². The average molecular weight is 351 g/mol. The normalized spacial score (nSPS) is 14.3. The molecule has 0 aliphatic carbocycles. The van der Waals surface area contributed by atoms with Crippen LogP contribution in [0.3, 0.4) is 0 Å². The van der Waals surface area contributed by atoms with Crippen molar-refractivity contribution in [1.29, 1.82) is 0 Å². The van der Waals surface area contributed by atoms with E-state index in [2.05, 4.69) is 20.9 Å². The molecule has 9 heteroatoms. The van der Waals surface area contributed by atoms with E-state index in [1.807, 2.05) is 5.32 Å². The van der Waals surface area contributed by atoms with Crippen LogP contribution < -0.4 is 5.32 Å². The summed E-state index contributed by atoms with van der Waals surface area (Å²) in [6.45, 7) is 1.27. The van der Waals surface area contributed by atoms with E-state index in [0.29, 0.717) is 6.07 Å². The molecule has 2 nitrogen and oxygen atoms in total. The molecule has 0 bridgehead atoms. The van der Waals surface area contributed by atoms with Gasteiger partial charge < -0.3 is 5.32 Å². The Hall–Kier alpha value is -0.990. The number of pyridine rings is 1. The minimum Gasteiger partial charge on any atom is -0.359 e. The molecule has 1 heterocycles. The Morgan fingerprint density at radius 1 is 1.26 bits per heavy atom. The Bertz CT molecular complexity index is 443. The predicted molar refractivity (Wildman–Crippen MR) is 60.7 cm³/mol. The van der Waals surface area contributed by atoms with E-state index in [1.165, 1.54) is 6.92 Å². The molecule has 1 atom stereocenters. The molecule has 0 aromatic carbocycles. The minimum atomic E-state index is -4.67. The summed E-state index contributed by atoms with van der Waals surface area (Å²) in [5.41, 5.74) is -1.08. The maximum absolute atomic E-state index is 12.6. The molecule has 0 aliphatic rings. The number of aromatic nitrogens is 1. The first kappa shape index (κ1) is 16.1. The fourth-order valence-electron chi connectivity index (χ4n) is 1.33. The maximum Gasteiger partial charge on any atom is 0.417 e. The third kappa shape index (κ3) is 4.26. The second-order valence-corrected chi connectivity index (χ2v) is 4.55. The highest BCUT2D eigenvalue weighted by atomic mass is 79.9. The Morgan fingerprint density at radius 3 is 2.26 bits per heavy atom. The van der Waals surface area contributed by atoms with Crippen LogP contribution in [0.1, 0.15) is 18.9 Å². The molecular formula is C10H9BrF6N2. The number of hydrogen-bond acceptors (Lipinski definition) is 2. The second-order valence-electron chi connectivity index (χ2n) is 3.69. The summed E-state index contributed by atoms with van der Waals surface area (Å²) >= 11 is 2.66. The number of nitrogens with zero attached hydrogens (tertiary/aromatic N) is 1. The van der Waals surface area contributed by atoms with E-state index in [-0.39, 0.29) is 10.9 Å². The fraction of sp³-hybridized carbons (Fsp3) is 0.500. The van der Waals surface area contributed by atoms with E-state index in [9.17, 15) is 26.3 Å². The number of anilines is 1. The highest BCUT2D eigenvalue weighted by Gasteiger charge is 2.39. The maximum atomic E-state index is 12.6. The van der Waals surface area contributed by atoms with E-state index >= 15 is 0 Å². The van der Waals surface area contributed by atoms with Gasteiger partial charge in [0, 0.05) is 10.7 Å². The Kier molecular flexibility index (Phi) is 4.70. The van der Waals surface area contributed by atoms with Crippen molar-refractivity contribution in [3.63, 3.8) is 0 Å². The van der Waals surface area contributed by atoms with Gasteiger partial charge in [-0.25, -0.2) is 4.98 Å². The van der Waals surface area contributed by atoms with Gasteiger partial charge in [0.25, 0.3) is 0 Å². The molecule has 0 amide bonds. The zero-order valence-corrected chi connectivity index (χ0v) is 11.1. The Labute approximate surface area is 113 Å². The number of nitrogens with one attached hydrogen (secondary N) is 1. The van der Waals surface area contributed by atoms with E-state index < -0.39 is 29.8 Å². The largest absolute Gasteiger partial charge is 0.417 e. The van der Waals surface area contributed by atoms with Gasteiger partial charge >= 0.3 is 12.4 Å². The van der Waals surface area contributed by atoms with Crippen LogP contribution in [0.2, 0.25) is 0 Å². The number of alkyl halides is 6. The van der Waals surface area contributed by atoms with E-state index in [1.54, 1.807) is 0 Å². The highest BCUT2D eigenvalue weighted by Crippen LogP contribution is 2.36. The zero-order valence-electron chi connectivity index (χ0n) is 9.53. The predicted octanol–water partition coefficient (Wildman–Crippen LogP) is 4.62. The van der Waals surface area contributed by atoms with Crippen molar-refractivity contribution in [3.05, 3.63) is 22.3 Å². The third-order valence-electron chi connectivity index (χ3n) is 2.29. The third-order valence-corrected chi connectivity index (χ3v) is 2.92. The number of hydrogen-bond donors (Lipinski definition) is 1. The van der Waals surface area contributed by atoms with Gasteiger partial charge in [-0.1, -0.05) is 6.92 Å². The summed E-state index contributed by atoms with van der Waals surface area (Å²) in [5.74, 6) is -0.472. The van der Waals surface area contributed by atoms with Crippen molar-refractivity contribution < 1.29 is 26.3 Å². The van der Waals surface area contributed by atoms with E-state index in [4.69, 9.17) is 0 Å². The van der Waals surface area contributed by atoms with Crippen LogP contribution in [0.25, 0.3) is 0 Å². The van der Waals surface area contributed by atoms with Crippen LogP contribution in [0.15, 0.2) is 16.7 Å². The van der Waals surface area contributed by atoms with Gasteiger partial charge in [-0.15, -0.1) is 0 Å². The summed E-state index contributed by atoms with van der Waals surface area (Å²) in [6.07, 6.45) is -8.73. The van der Waals surface area contributed by atoms with Crippen molar-refractivity contribution in [1.82, 2.24) is 4.98 Å². The standard InChI is InChI=1S/C10H9BrF6N2/c1-2-7(10(15,16)17)19-8-3-5(9(12,13)14)6(11)4-18-8/h3-4,7H,2H2,1H3,(H,18,19)/t7-/m1/s1. The van der Waals surface area contributed by atoms with Crippen LogP contribution in [0, 0.1) is 0 Å². The first-order valence-electron chi connectivity index (χ1n) is 5.11. The van der Waals surface area contributed by atoms with Gasteiger partial charge in [0.05, 0.1) is 5.56 Å². The molecule has 1 N–H and O–H groups in total. The van der Waals surface area contributed by atoms with Gasteiger partial charge in [-0.05, 0) is 28.4 Å². The second kappa shape index (κ2) is 5.56. The van der Waals surface area contributed by atoms with E-state index in [0.717, 1.165) is 6.20 Å². The lowest BCUT2D eigenvalue weighted by atomic mass is 10.2. The van der Waals surface area contributed by atoms with Crippen LogP contribution in [-0.4, -0.2) is 17.2 Å². The lowest BCUT2D eigenvalue weighted by molar-refractivity contribution is -0.142. The molecule has 0 radical (unpaired) electrons. The molecule has 0 fully saturated rings. The molecule has 0 spiro atoms. The molecule has 19 heavy (non-hydrogen) atoms. The van der Waals surface area contributed by atoms with Gasteiger partial charge in [-0.2, -0.15) is 26.3 Å². The van der Waals surface area contributed by atoms with Crippen molar-refractivity contribution >= 4 is 21.7 Å². The number of halogens is 7. The first-order chi connectivity index (χ1) is 8.55. The van der Waals surface area contributed by atoms with Crippen LogP contribution in [0.4, 0.5) is 32.2 Å². The minimum absolute atomic E-state index is 0.317. The summed E-state index contributed by atoms with van der Waals surface area (Å²) in [7, 11) is 0. The lowest BCUT2D eigenvalue weighted by Crippen LogP contribution is -2.35. The zero-order chi connectivity index (χ0) is 14.8. The monoisotopic (exact) mass is 350 g/mol. The average Bonchev–Trinajstić information content (AvgIpc) is 2.24. The summed E-state index contributed by atoms with van der Waals surface area (Å²) in [4.78, 5) is 3.50. The highest BCUT2D eigenvalue weighted by molar-refractivity contribution is 9.10. The van der Waals surface area contributed by atoms with Gasteiger partial charge in [0.2, 0.25) is 0 Å². The fourth-order valence-corrected chi connectivity index (χ4v) is 1.77. The van der Waals surface area contributed by atoms with Gasteiger partial charge in [-0.3, -0.25) is 0 Å². The molecule has 1 aromatic rings. The molecule has 0 unspecified atom stereocenters. The molecule has 108 valence electrons. The summed E-state index contributed by atoms with van der Waals surface area (Å²) in [5, 5.41) is 1.95. The van der Waals surface area contributed by atoms with Crippen molar-refractivity contribution in [2.24, 2.45) is 0 Å². The Balaban J connectivity index is 3.04. The topological polar surface area (TPSA) is 24.9 Å². The summed E-state index contributed by atoms with van der Waals surface area (Å²) < 4.78 is 74.9. The van der Waals surface area contributed by atoms with Gasteiger partial charge in [0.1, 0.15) is 11.9 Å². The van der Waals surface area contributed by atoms with Crippen LogP contribution >= 0.6 is 15.9 Å². The van der Waals surface area contributed by atoms with Crippen LogP contribution in [-0.2, 0) is 6.18 Å². The van der Waals surface area contributed by atoms with Crippen molar-refractivity contribution in [2.75, 3.05) is 5.32 Å². The molecule has 0 aliphatic heterocycles. The first-order valence-corrected chi connectivity index (χ1v) is 5.91. The van der Waals surface area contributed by atoms with Crippen molar-refractivity contribution in [3.8, 4) is 0 Å². The van der Waals surface area contributed by atoms with Crippen molar-refractivity contribution in [2.45, 2.75) is 31.7 Å². The molecule has 0 saturated carbocycles. The molecule has 1 rings (SSSR count). The quantitative estimate of drug-likeness (QED) is 0.805. The van der Waals surface area contributed by atoms with Crippen LogP contribution in [0.5, 0.6) is 0 Å². The molecule has 0 saturated heterocycles. The number of rotatable bonds is 3. The lowest BCUT2D eigenvalue weighted by Gasteiger charge is -2.21. The molecular weight excluding hydrogens is 342 g/mol.